The minimum Gasteiger partial charge on any atom is -0.384 e. The van der Waals surface area contributed by atoms with E-state index in [2.05, 4.69) is 46.3 Å². The first-order chi connectivity index (χ1) is 9.29. The highest BCUT2D eigenvalue weighted by atomic mass is 15.1. The number of nitrogens with one attached hydrogen (secondary N) is 1. The Morgan fingerprint density at radius 2 is 2.11 bits per heavy atom. The molecule has 0 saturated heterocycles. The smallest absolute Gasteiger partial charge is 0.0573 e. The molecule has 0 unspecified atom stereocenters. The van der Waals surface area contributed by atoms with Gasteiger partial charge in [-0.1, -0.05) is 13.0 Å². The normalized spacial score (nSPS) is 10.2. The van der Waals surface area contributed by atoms with Crippen LogP contribution in [0.5, 0.6) is 0 Å². The van der Waals surface area contributed by atoms with Gasteiger partial charge >= 0.3 is 0 Å². The monoisotopic (exact) mass is 256 g/mol. The van der Waals surface area contributed by atoms with Crippen molar-refractivity contribution in [2.75, 3.05) is 23.8 Å². The van der Waals surface area contributed by atoms with Gasteiger partial charge in [0, 0.05) is 32.5 Å². The Kier molecular flexibility index (Phi) is 4.72. The highest BCUT2D eigenvalue weighted by molar-refractivity contribution is 5.55. The SMILES string of the molecule is CCCNc1cncc(N(C)Cc2cccnc2)c1. The van der Waals surface area contributed by atoms with Gasteiger partial charge in [-0.2, -0.15) is 0 Å². The largest absolute Gasteiger partial charge is 0.384 e. The van der Waals surface area contributed by atoms with Gasteiger partial charge in [0.25, 0.3) is 0 Å². The Hall–Kier alpha value is -2.10. The fourth-order valence-electron chi connectivity index (χ4n) is 1.86. The molecule has 0 atom stereocenters. The molecule has 2 aromatic heterocycles. The molecule has 0 aliphatic heterocycles. The van der Waals surface area contributed by atoms with Crippen molar-refractivity contribution in [3.8, 4) is 0 Å². The Morgan fingerprint density at radius 1 is 1.21 bits per heavy atom. The van der Waals surface area contributed by atoms with Gasteiger partial charge in [0.2, 0.25) is 0 Å². The molecule has 100 valence electrons. The Labute approximate surface area is 114 Å². The zero-order chi connectivity index (χ0) is 13.5. The maximum Gasteiger partial charge on any atom is 0.0573 e. The molecule has 0 radical (unpaired) electrons. The zero-order valence-electron chi connectivity index (χ0n) is 11.5. The molecule has 2 heterocycles. The highest BCUT2D eigenvalue weighted by Crippen LogP contribution is 2.18. The third-order valence-electron chi connectivity index (χ3n) is 2.89. The molecule has 19 heavy (non-hydrogen) atoms. The molecule has 0 aliphatic carbocycles. The summed E-state index contributed by atoms with van der Waals surface area (Å²) in [6.45, 7) is 3.95. The number of nitrogens with zero attached hydrogens (tertiary/aromatic N) is 3. The topological polar surface area (TPSA) is 41.1 Å². The second-order valence-corrected chi connectivity index (χ2v) is 4.58. The lowest BCUT2D eigenvalue weighted by molar-refractivity contribution is 0.909. The molecule has 1 N–H and O–H groups in total. The fourth-order valence-corrected chi connectivity index (χ4v) is 1.86. The summed E-state index contributed by atoms with van der Waals surface area (Å²) in [5.74, 6) is 0. The number of pyridine rings is 2. The molecule has 0 saturated carbocycles. The predicted octanol–water partition coefficient (Wildman–Crippen LogP) is 2.93. The quantitative estimate of drug-likeness (QED) is 0.862. The zero-order valence-corrected chi connectivity index (χ0v) is 11.5. The number of rotatable bonds is 6. The van der Waals surface area contributed by atoms with E-state index in [-0.39, 0.29) is 0 Å². The van der Waals surface area contributed by atoms with Crippen LogP contribution in [-0.2, 0) is 6.54 Å². The average Bonchev–Trinajstić information content (AvgIpc) is 2.46. The van der Waals surface area contributed by atoms with Gasteiger partial charge in [-0.15, -0.1) is 0 Å². The van der Waals surface area contributed by atoms with Crippen LogP contribution in [0, 0.1) is 0 Å². The molecule has 2 rings (SSSR count). The van der Waals surface area contributed by atoms with E-state index in [9.17, 15) is 0 Å². The van der Waals surface area contributed by atoms with Crippen LogP contribution in [0.25, 0.3) is 0 Å². The van der Waals surface area contributed by atoms with Crippen molar-refractivity contribution in [1.29, 1.82) is 0 Å². The minimum absolute atomic E-state index is 0.826. The minimum atomic E-state index is 0.826. The Bertz CT molecular complexity index is 499. The van der Waals surface area contributed by atoms with E-state index in [1.54, 1.807) is 6.20 Å². The third-order valence-corrected chi connectivity index (χ3v) is 2.89. The van der Waals surface area contributed by atoms with Crippen molar-refractivity contribution < 1.29 is 0 Å². The van der Waals surface area contributed by atoms with Crippen LogP contribution >= 0.6 is 0 Å². The summed E-state index contributed by atoms with van der Waals surface area (Å²) < 4.78 is 0. The first kappa shape index (κ1) is 13.3. The van der Waals surface area contributed by atoms with E-state index in [0.717, 1.165) is 30.9 Å². The van der Waals surface area contributed by atoms with Gasteiger partial charge in [-0.05, 0) is 24.1 Å². The molecule has 0 spiro atoms. The molecule has 0 bridgehead atoms. The van der Waals surface area contributed by atoms with Crippen LogP contribution in [0.1, 0.15) is 18.9 Å². The van der Waals surface area contributed by atoms with Crippen molar-refractivity contribution in [3.05, 3.63) is 48.5 Å². The molecule has 0 amide bonds. The molecule has 0 aliphatic rings. The van der Waals surface area contributed by atoms with Crippen molar-refractivity contribution in [2.45, 2.75) is 19.9 Å². The summed E-state index contributed by atoms with van der Waals surface area (Å²) in [6.07, 6.45) is 8.53. The maximum atomic E-state index is 4.28. The van der Waals surface area contributed by atoms with E-state index in [0.29, 0.717) is 0 Å². The van der Waals surface area contributed by atoms with E-state index < -0.39 is 0 Å². The van der Waals surface area contributed by atoms with Crippen LogP contribution in [0.4, 0.5) is 11.4 Å². The number of hydrogen-bond donors (Lipinski definition) is 1. The first-order valence-electron chi connectivity index (χ1n) is 6.58. The highest BCUT2D eigenvalue weighted by Gasteiger charge is 2.03. The van der Waals surface area contributed by atoms with Crippen LogP contribution in [-0.4, -0.2) is 23.6 Å². The summed E-state index contributed by atoms with van der Waals surface area (Å²) in [7, 11) is 2.06. The van der Waals surface area contributed by atoms with Gasteiger partial charge in [0.15, 0.2) is 0 Å². The molecular weight excluding hydrogens is 236 g/mol. The number of anilines is 2. The van der Waals surface area contributed by atoms with Crippen LogP contribution in [0.2, 0.25) is 0 Å². The summed E-state index contributed by atoms with van der Waals surface area (Å²) in [5, 5.41) is 3.35. The molecule has 0 fully saturated rings. The lowest BCUT2D eigenvalue weighted by atomic mass is 10.2. The van der Waals surface area contributed by atoms with Gasteiger partial charge < -0.3 is 10.2 Å². The van der Waals surface area contributed by atoms with Crippen LogP contribution < -0.4 is 10.2 Å². The van der Waals surface area contributed by atoms with Crippen molar-refractivity contribution in [3.63, 3.8) is 0 Å². The average molecular weight is 256 g/mol. The fraction of sp³-hybridized carbons (Fsp3) is 0.333. The summed E-state index contributed by atoms with van der Waals surface area (Å²) in [5.41, 5.74) is 3.36. The van der Waals surface area contributed by atoms with Gasteiger partial charge in [0.1, 0.15) is 0 Å². The molecule has 0 aromatic carbocycles. The van der Waals surface area contributed by atoms with Crippen molar-refractivity contribution in [1.82, 2.24) is 9.97 Å². The summed E-state index contributed by atoms with van der Waals surface area (Å²) in [6, 6.07) is 6.16. The van der Waals surface area contributed by atoms with Gasteiger partial charge in [0.05, 0.1) is 23.8 Å². The second-order valence-electron chi connectivity index (χ2n) is 4.58. The lowest BCUT2D eigenvalue weighted by Crippen LogP contribution is -2.17. The third kappa shape index (κ3) is 3.95. The predicted molar refractivity (Wildman–Crippen MR) is 79.4 cm³/mol. The number of aromatic nitrogens is 2. The maximum absolute atomic E-state index is 4.28. The van der Waals surface area contributed by atoms with Crippen LogP contribution in [0.15, 0.2) is 43.0 Å². The molecule has 4 nitrogen and oxygen atoms in total. The lowest BCUT2D eigenvalue weighted by Gasteiger charge is -2.19. The second kappa shape index (κ2) is 6.73. The van der Waals surface area contributed by atoms with E-state index in [4.69, 9.17) is 0 Å². The van der Waals surface area contributed by atoms with Crippen molar-refractivity contribution in [2.24, 2.45) is 0 Å². The summed E-state index contributed by atoms with van der Waals surface area (Å²) in [4.78, 5) is 10.6. The van der Waals surface area contributed by atoms with Crippen molar-refractivity contribution >= 4 is 11.4 Å². The standard InChI is InChI=1S/C15H20N4/c1-3-6-18-14-8-15(11-17-10-14)19(2)12-13-5-4-7-16-9-13/h4-5,7-11,18H,3,6,12H2,1-2H3. The Balaban J connectivity index is 2.04. The summed E-state index contributed by atoms with van der Waals surface area (Å²) >= 11 is 0. The van der Waals surface area contributed by atoms with E-state index in [1.165, 1.54) is 5.56 Å². The Morgan fingerprint density at radius 3 is 2.84 bits per heavy atom. The van der Waals surface area contributed by atoms with E-state index >= 15 is 0 Å². The molecule has 2 aromatic rings. The molecular formula is C15H20N4. The number of hydrogen-bond acceptors (Lipinski definition) is 4. The van der Waals surface area contributed by atoms with Gasteiger partial charge in [-0.25, -0.2) is 0 Å². The molecule has 4 heteroatoms. The van der Waals surface area contributed by atoms with E-state index in [1.807, 2.05) is 24.7 Å². The first-order valence-corrected chi connectivity index (χ1v) is 6.58. The van der Waals surface area contributed by atoms with Crippen LogP contribution in [0.3, 0.4) is 0 Å². The van der Waals surface area contributed by atoms with Gasteiger partial charge in [-0.3, -0.25) is 9.97 Å².